The molecule has 6 nitrogen and oxygen atoms in total. The number of aromatic nitrogens is 2. The lowest BCUT2D eigenvalue weighted by Crippen LogP contribution is -2.52. The van der Waals surface area contributed by atoms with Crippen LogP contribution in [0.15, 0.2) is 77.0 Å². The van der Waals surface area contributed by atoms with E-state index < -0.39 is 11.8 Å². The Hall–Kier alpha value is -3.35. The lowest BCUT2D eigenvalue weighted by Gasteiger charge is -2.33. The van der Waals surface area contributed by atoms with Gasteiger partial charge < -0.3 is 16.5 Å². The van der Waals surface area contributed by atoms with Crippen molar-refractivity contribution in [3.8, 4) is 0 Å². The number of aliphatic imine (C=N–C) groups is 2. The molecule has 1 aliphatic rings. The van der Waals surface area contributed by atoms with Crippen molar-refractivity contribution in [2.45, 2.75) is 11.8 Å². The van der Waals surface area contributed by atoms with Gasteiger partial charge in [0.15, 0.2) is 5.66 Å². The summed E-state index contributed by atoms with van der Waals surface area (Å²) < 4.78 is 0. The second-order valence-corrected chi connectivity index (χ2v) is 6.70. The van der Waals surface area contributed by atoms with E-state index in [-0.39, 0.29) is 0 Å². The molecule has 2 aromatic carbocycles. The highest BCUT2D eigenvalue weighted by Crippen LogP contribution is 2.30. The summed E-state index contributed by atoms with van der Waals surface area (Å²) in [5, 5.41) is 2.06. The molecule has 0 bridgehead atoms. The number of hydrogen-bond acceptors (Lipinski definition) is 5. The number of rotatable bonds is 2. The molecule has 0 radical (unpaired) electrons. The molecular weight excluding hydrogens is 336 g/mol. The molecule has 3 heterocycles. The van der Waals surface area contributed by atoms with Gasteiger partial charge in [0.1, 0.15) is 6.17 Å². The molecule has 5 N–H and O–H groups in total. The van der Waals surface area contributed by atoms with Gasteiger partial charge in [-0.25, -0.2) is 0 Å². The molecule has 4 aromatic rings. The van der Waals surface area contributed by atoms with Crippen molar-refractivity contribution in [2.24, 2.45) is 21.5 Å². The molecule has 27 heavy (non-hydrogen) atoms. The average Bonchev–Trinajstić information content (AvgIpc) is 3.17. The Kier molecular flexibility index (Phi) is 3.43. The van der Waals surface area contributed by atoms with Gasteiger partial charge >= 0.3 is 0 Å². The zero-order valence-corrected chi connectivity index (χ0v) is 14.5. The normalized spacial score (nSPS) is 22.3. The van der Waals surface area contributed by atoms with Crippen molar-refractivity contribution >= 4 is 33.7 Å². The van der Waals surface area contributed by atoms with Crippen LogP contribution in [-0.2, 0) is 5.66 Å². The maximum absolute atomic E-state index is 6.70. The van der Waals surface area contributed by atoms with Crippen molar-refractivity contribution in [3.63, 3.8) is 0 Å². The van der Waals surface area contributed by atoms with Gasteiger partial charge in [-0.2, -0.15) is 0 Å². The second-order valence-electron chi connectivity index (χ2n) is 6.70. The number of H-pyrrole nitrogens is 1. The second kappa shape index (κ2) is 5.84. The number of hydrogen-bond donors (Lipinski definition) is 3. The summed E-state index contributed by atoms with van der Waals surface area (Å²) in [5.41, 5.74) is 16.2. The maximum atomic E-state index is 6.70. The Labute approximate surface area is 155 Å². The number of fused-ring (bicyclic) bond motifs is 2. The number of pyridine rings is 1. The molecular formula is C21H18N6. The first kappa shape index (κ1) is 15.9. The van der Waals surface area contributed by atoms with Crippen molar-refractivity contribution in [2.75, 3.05) is 0 Å². The molecule has 0 saturated carbocycles. The van der Waals surface area contributed by atoms with E-state index >= 15 is 0 Å². The third-order valence-electron chi connectivity index (χ3n) is 5.05. The van der Waals surface area contributed by atoms with Crippen molar-refractivity contribution < 1.29 is 0 Å². The number of nitrogens with one attached hydrogen (secondary N) is 1. The molecule has 2 aromatic heterocycles. The Bertz CT molecular complexity index is 1220. The van der Waals surface area contributed by atoms with Gasteiger partial charge in [0.2, 0.25) is 0 Å². The number of nitrogens with two attached hydrogens (primary N) is 2. The fourth-order valence-electron chi connectivity index (χ4n) is 3.55. The van der Waals surface area contributed by atoms with Gasteiger partial charge in [0.25, 0.3) is 0 Å². The van der Waals surface area contributed by atoms with Gasteiger partial charge in [-0.05, 0) is 41.3 Å². The van der Waals surface area contributed by atoms with E-state index in [4.69, 9.17) is 16.5 Å². The first-order valence-corrected chi connectivity index (χ1v) is 8.74. The van der Waals surface area contributed by atoms with E-state index in [1.54, 1.807) is 12.4 Å². The molecule has 2 unspecified atom stereocenters. The number of benzene rings is 2. The summed E-state index contributed by atoms with van der Waals surface area (Å²) in [4.78, 5) is 16.9. The lowest BCUT2D eigenvalue weighted by molar-refractivity contribution is 0.377. The highest BCUT2D eigenvalue weighted by molar-refractivity contribution is 6.41. The predicted molar refractivity (Wildman–Crippen MR) is 109 cm³/mol. The highest BCUT2D eigenvalue weighted by Gasteiger charge is 2.37. The Balaban J connectivity index is 1.68. The van der Waals surface area contributed by atoms with Crippen LogP contribution >= 0.6 is 0 Å². The number of nitrogens with zero attached hydrogens (tertiary/aromatic N) is 3. The molecule has 6 heteroatoms. The molecule has 5 rings (SSSR count). The summed E-state index contributed by atoms with van der Waals surface area (Å²) in [6, 6.07) is 17.8. The van der Waals surface area contributed by atoms with E-state index in [1.165, 1.54) is 0 Å². The Morgan fingerprint density at radius 2 is 1.96 bits per heavy atom. The molecule has 0 spiro atoms. The monoisotopic (exact) mass is 354 g/mol. The zero-order valence-electron chi connectivity index (χ0n) is 14.5. The summed E-state index contributed by atoms with van der Waals surface area (Å²) in [5.74, 6) is 0. The summed E-state index contributed by atoms with van der Waals surface area (Å²) in [6.07, 6.45) is 4.71. The van der Waals surface area contributed by atoms with E-state index in [2.05, 4.69) is 15.0 Å². The molecule has 0 amide bonds. The Morgan fingerprint density at radius 3 is 2.89 bits per heavy atom. The smallest absolute Gasteiger partial charge is 0.170 e. The zero-order chi connectivity index (χ0) is 18.4. The summed E-state index contributed by atoms with van der Waals surface area (Å²) >= 11 is 0. The fourth-order valence-corrected chi connectivity index (χ4v) is 3.55. The van der Waals surface area contributed by atoms with Gasteiger partial charge in [-0.15, -0.1) is 0 Å². The molecule has 0 saturated heterocycles. The van der Waals surface area contributed by atoms with E-state index in [1.807, 2.05) is 60.8 Å². The maximum Gasteiger partial charge on any atom is 0.170 e. The predicted octanol–water partition coefficient (Wildman–Crippen LogP) is 2.69. The topological polar surface area (TPSA) is 105 Å². The first-order valence-electron chi connectivity index (χ1n) is 8.74. The first-order chi connectivity index (χ1) is 13.1. The Morgan fingerprint density at radius 1 is 1.04 bits per heavy atom. The lowest BCUT2D eigenvalue weighted by atomic mass is 9.94. The summed E-state index contributed by atoms with van der Waals surface area (Å²) in [6.45, 7) is 0. The van der Waals surface area contributed by atoms with Crippen LogP contribution in [0.3, 0.4) is 0 Å². The van der Waals surface area contributed by atoms with Gasteiger partial charge in [-0.1, -0.05) is 24.3 Å². The summed E-state index contributed by atoms with van der Waals surface area (Å²) in [7, 11) is 0. The van der Waals surface area contributed by atoms with Crippen LogP contribution in [0.2, 0.25) is 0 Å². The number of aromatic amines is 1. The van der Waals surface area contributed by atoms with E-state index in [0.29, 0.717) is 5.71 Å². The van der Waals surface area contributed by atoms with Crippen molar-refractivity contribution in [3.05, 3.63) is 78.1 Å². The van der Waals surface area contributed by atoms with Crippen LogP contribution in [0.5, 0.6) is 0 Å². The SMILES string of the molecule is NC1N=CC(c2cccc3ncccc23)=NC1(N)c1ccc2[nH]ccc2c1. The van der Waals surface area contributed by atoms with Crippen LogP contribution in [-0.4, -0.2) is 28.1 Å². The van der Waals surface area contributed by atoms with E-state index in [9.17, 15) is 0 Å². The van der Waals surface area contributed by atoms with Crippen molar-refractivity contribution in [1.82, 2.24) is 9.97 Å². The minimum Gasteiger partial charge on any atom is -0.361 e. The largest absolute Gasteiger partial charge is 0.361 e. The van der Waals surface area contributed by atoms with Crippen LogP contribution in [0.4, 0.5) is 0 Å². The molecule has 1 aliphatic heterocycles. The van der Waals surface area contributed by atoms with Crippen LogP contribution in [0, 0.1) is 0 Å². The minimum atomic E-state index is -1.14. The standard InChI is InChI=1S/C21H18N6/c22-20-21(23,14-6-7-17-13(11-14)8-10-25-17)27-19(12-26-20)16-3-1-5-18-15(16)4-2-9-24-18/h1-12,20,25H,22-23H2. The minimum absolute atomic E-state index is 0.661. The third-order valence-corrected chi connectivity index (χ3v) is 5.05. The van der Waals surface area contributed by atoms with Crippen molar-refractivity contribution in [1.29, 1.82) is 0 Å². The molecule has 0 aliphatic carbocycles. The average molecular weight is 354 g/mol. The van der Waals surface area contributed by atoms with Gasteiger partial charge in [0, 0.05) is 35.1 Å². The van der Waals surface area contributed by atoms with Crippen LogP contribution < -0.4 is 11.5 Å². The van der Waals surface area contributed by atoms with Gasteiger partial charge in [0.05, 0.1) is 11.2 Å². The fraction of sp³-hybridized carbons (Fsp3) is 0.0952. The third kappa shape index (κ3) is 2.46. The van der Waals surface area contributed by atoms with Gasteiger partial charge in [-0.3, -0.25) is 15.0 Å². The molecule has 0 fully saturated rings. The van der Waals surface area contributed by atoms with Crippen LogP contribution in [0.1, 0.15) is 11.1 Å². The van der Waals surface area contributed by atoms with Crippen LogP contribution in [0.25, 0.3) is 21.8 Å². The quantitative estimate of drug-likeness (QED) is 0.515. The molecule has 132 valence electrons. The van der Waals surface area contributed by atoms with E-state index in [0.717, 1.165) is 32.9 Å². The highest BCUT2D eigenvalue weighted by atomic mass is 15.2. The molecule has 2 atom stereocenters.